The van der Waals surface area contributed by atoms with E-state index in [1.807, 2.05) is 6.92 Å². The zero-order valence-electron chi connectivity index (χ0n) is 13.2. The maximum absolute atomic E-state index is 12.4. The maximum atomic E-state index is 12.4. The molecule has 2 aromatic rings. The molecule has 0 bridgehead atoms. The number of benzene rings is 2. The van der Waals surface area contributed by atoms with E-state index in [0.29, 0.717) is 21.8 Å². The Hall–Kier alpha value is -2.66. The van der Waals surface area contributed by atoms with Gasteiger partial charge in [0.2, 0.25) is 5.91 Å². The van der Waals surface area contributed by atoms with Gasteiger partial charge >= 0.3 is 0 Å². The molecule has 1 heterocycles. The van der Waals surface area contributed by atoms with Crippen LogP contribution in [-0.4, -0.2) is 28.7 Å². The topological polar surface area (TPSA) is 66.5 Å². The zero-order valence-corrected chi connectivity index (χ0v) is 13.9. The predicted molar refractivity (Wildman–Crippen MR) is 91.2 cm³/mol. The Morgan fingerprint density at radius 2 is 1.67 bits per heavy atom. The van der Waals surface area contributed by atoms with Gasteiger partial charge in [-0.15, -0.1) is 0 Å². The van der Waals surface area contributed by atoms with Crippen LogP contribution < -0.4 is 5.32 Å². The van der Waals surface area contributed by atoms with Gasteiger partial charge in [-0.25, -0.2) is 0 Å². The van der Waals surface area contributed by atoms with Crippen molar-refractivity contribution in [3.8, 4) is 0 Å². The highest BCUT2D eigenvalue weighted by Crippen LogP contribution is 2.25. The number of rotatable bonds is 3. The Balaban J connectivity index is 1.80. The van der Waals surface area contributed by atoms with Crippen molar-refractivity contribution in [2.45, 2.75) is 19.9 Å². The molecule has 6 heteroatoms. The summed E-state index contributed by atoms with van der Waals surface area (Å²) < 4.78 is 0. The fourth-order valence-electron chi connectivity index (χ4n) is 2.59. The number of aryl methyl sites for hydroxylation is 1. The van der Waals surface area contributed by atoms with Crippen LogP contribution in [0.3, 0.4) is 0 Å². The summed E-state index contributed by atoms with van der Waals surface area (Å²) in [5, 5.41) is 3.21. The largest absolute Gasteiger partial charge is 0.324 e. The first-order valence-electron chi connectivity index (χ1n) is 7.44. The number of carbonyl (C=O) groups is 3. The second-order valence-corrected chi connectivity index (χ2v) is 6.06. The molecule has 0 aliphatic carbocycles. The normalized spacial score (nSPS) is 14.5. The predicted octanol–water partition coefficient (Wildman–Crippen LogP) is 3.27. The van der Waals surface area contributed by atoms with E-state index in [1.54, 1.807) is 42.5 Å². The highest BCUT2D eigenvalue weighted by atomic mass is 35.5. The van der Waals surface area contributed by atoms with Crippen molar-refractivity contribution in [2.75, 3.05) is 5.32 Å². The first-order valence-corrected chi connectivity index (χ1v) is 7.82. The quantitative estimate of drug-likeness (QED) is 0.870. The molecule has 0 saturated carbocycles. The van der Waals surface area contributed by atoms with Gasteiger partial charge in [0.15, 0.2) is 0 Å². The van der Waals surface area contributed by atoms with Gasteiger partial charge in [-0.3, -0.25) is 19.3 Å². The number of hydrogen-bond acceptors (Lipinski definition) is 3. The van der Waals surface area contributed by atoms with E-state index >= 15 is 0 Å². The summed E-state index contributed by atoms with van der Waals surface area (Å²) in [6.45, 7) is 3.38. The number of hydrogen-bond donors (Lipinski definition) is 1. The van der Waals surface area contributed by atoms with E-state index in [4.69, 9.17) is 11.6 Å². The molecule has 0 aromatic heterocycles. The summed E-state index contributed by atoms with van der Waals surface area (Å²) >= 11 is 6.04. The van der Waals surface area contributed by atoms with Gasteiger partial charge in [0.05, 0.1) is 11.1 Å². The van der Waals surface area contributed by atoms with E-state index in [0.717, 1.165) is 10.5 Å². The van der Waals surface area contributed by atoms with Gasteiger partial charge in [-0.1, -0.05) is 29.8 Å². The van der Waals surface area contributed by atoms with Crippen molar-refractivity contribution in [1.29, 1.82) is 0 Å². The van der Waals surface area contributed by atoms with Crippen molar-refractivity contribution in [2.24, 2.45) is 0 Å². The van der Waals surface area contributed by atoms with Crippen LogP contribution in [0.5, 0.6) is 0 Å². The molecule has 3 amide bonds. The van der Waals surface area contributed by atoms with E-state index in [-0.39, 0.29) is 0 Å². The van der Waals surface area contributed by atoms with Crippen molar-refractivity contribution < 1.29 is 14.4 Å². The first-order chi connectivity index (χ1) is 11.4. The fraction of sp³-hybridized carbons (Fsp3) is 0.167. The third kappa shape index (κ3) is 2.67. The van der Waals surface area contributed by atoms with Crippen LogP contribution in [0.1, 0.15) is 33.2 Å². The second-order valence-electron chi connectivity index (χ2n) is 5.66. The second kappa shape index (κ2) is 6.09. The molecule has 5 nitrogen and oxygen atoms in total. The van der Waals surface area contributed by atoms with E-state index in [2.05, 4.69) is 5.32 Å². The molecule has 122 valence electrons. The van der Waals surface area contributed by atoms with Crippen LogP contribution in [-0.2, 0) is 4.79 Å². The lowest BCUT2D eigenvalue weighted by Crippen LogP contribution is -2.45. The van der Waals surface area contributed by atoms with Gasteiger partial charge in [-0.2, -0.15) is 0 Å². The van der Waals surface area contributed by atoms with E-state index < -0.39 is 23.8 Å². The first kappa shape index (κ1) is 16.2. The number of amides is 3. The molecule has 0 radical (unpaired) electrons. The van der Waals surface area contributed by atoms with Gasteiger partial charge in [0, 0.05) is 10.7 Å². The number of nitrogens with zero attached hydrogens (tertiary/aromatic N) is 1. The van der Waals surface area contributed by atoms with Gasteiger partial charge in [0.25, 0.3) is 11.8 Å². The number of anilines is 1. The minimum absolute atomic E-state index is 0.320. The molecule has 1 N–H and O–H groups in total. The van der Waals surface area contributed by atoms with Crippen LogP contribution in [0.15, 0.2) is 42.5 Å². The molecule has 1 atom stereocenters. The summed E-state index contributed by atoms with van der Waals surface area (Å²) in [6, 6.07) is 10.7. The number of imide groups is 1. The molecule has 2 aromatic carbocycles. The lowest BCUT2D eigenvalue weighted by Gasteiger charge is -2.21. The average Bonchev–Trinajstić information content (AvgIpc) is 2.82. The van der Waals surface area contributed by atoms with Crippen molar-refractivity contribution >= 4 is 35.0 Å². The highest BCUT2D eigenvalue weighted by Gasteiger charge is 2.40. The zero-order chi connectivity index (χ0) is 17.4. The SMILES string of the molecule is Cc1ccc(NC(=O)[C@H](C)N2C(=O)c3ccccc3C2=O)cc1Cl. The van der Waals surface area contributed by atoms with E-state index in [1.165, 1.54) is 6.92 Å². The summed E-state index contributed by atoms with van der Waals surface area (Å²) in [6.07, 6.45) is 0. The molecular weight excluding hydrogens is 328 g/mol. The van der Waals surface area contributed by atoms with E-state index in [9.17, 15) is 14.4 Å². The number of nitrogens with one attached hydrogen (secondary N) is 1. The summed E-state index contributed by atoms with van der Waals surface area (Å²) in [5.41, 5.74) is 2.04. The monoisotopic (exact) mass is 342 g/mol. The summed E-state index contributed by atoms with van der Waals surface area (Å²) in [5.74, 6) is -1.37. The molecule has 1 aliphatic heterocycles. The van der Waals surface area contributed by atoms with Crippen LogP contribution in [0, 0.1) is 6.92 Å². The molecule has 0 unspecified atom stereocenters. The van der Waals surface area contributed by atoms with Crippen molar-refractivity contribution in [3.05, 3.63) is 64.2 Å². The molecule has 0 saturated heterocycles. The number of fused-ring (bicyclic) bond motifs is 1. The van der Waals surface area contributed by atoms with Crippen LogP contribution >= 0.6 is 11.6 Å². The Bertz CT molecular complexity index is 828. The van der Waals surface area contributed by atoms with Crippen LogP contribution in [0.25, 0.3) is 0 Å². The highest BCUT2D eigenvalue weighted by molar-refractivity contribution is 6.31. The minimum atomic E-state index is -0.933. The number of halogens is 1. The molecule has 3 rings (SSSR count). The van der Waals surface area contributed by atoms with Crippen molar-refractivity contribution in [3.63, 3.8) is 0 Å². The lowest BCUT2D eigenvalue weighted by atomic mass is 10.1. The van der Waals surface area contributed by atoms with Crippen LogP contribution in [0.2, 0.25) is 5.02 Å². The molecule has 0 spiro atoms. The summed E-state index contributed by atoms with van der Waals surface area (Å²) in [4.78, 5) is 38.2. The molecule has 24 heavy (non-hydrogen) atoms. The number of carbonyl (C=O) groups excluding carboxylic acids is 3. The molecule has 1 aliphatic rings. The Morgan fingerprint density at radius 1 is 1.08 bits per heavy atom. The molecule has 0 fully saturated rings. The van der Waals surface area contributed by atoms with Gasteiger partial charge in [-0.05, 0) is 43.7 Å². The maximum Gasteiger partial charge on any atom is 0.262 e. The molecular formula is C18H15ClN2O3. The third-order valence-corrected chi connectivity index (χ3v) is 4.44. The Kier molecular flexibility index (Phi) is 4.11. The van der Waals surface area contributed by atoms with Gasteiger partial charge in [0.1, 0.15) is 6.04 Å². The van der Waals surface area contributed by atoms with Crippen LogP contribution in [0.4, 0.5) is 5.69 Å². The van der Waals surface area contributed by atoms with Gasteiger partial charge < -0.3 is 5.32 Å². The Labute approximate surface area is 144 Å². The smallest absolute Gasteiger partial charge is 0.262 e. The average molecular weight is 343 g/mol. The summed E-state index contributed by atoms with van der Waals surface area (Å²) in [7, 11) is 0. The Morgan fingerprint density at radius 3 is 2.21 bits per heavy atom. The lowest BCUT2D eigenvalue weighted by molar-refractivity contribution is -0.119. The van der Waals surface area contributed by atoms with Crippen molar-refractivity contribution in [1.82, 2.24) is 4.90 Å². The third-order valence-electron chi connectivity index (χ3n) is 4.03. The fourth-order valence-corrected chi connectivity index (χ4v) is 2.77. The minimum Gasteiger partial charge on any atom is -0.324 e. The standard InChI is InChI=1S/C18H15ClN2O3/c1-10-7-8-12(9-15(10)19)20-16(22)11(2)21-17(23)13-5-3-4-6-14(13)18(21)24/h3-9,11H,1-2H3,(H,20,22)/t11-/m0/s1.